The number of ether oxygens (including phenoxy) is 1. The zero-order valence-corrected chi connectivity index (χ0v) is 22.3. The SMILES string of the molecule is COC(=O)c1ccc2c(c1)NC(=O)C2=C(Nc1ccc(CN(C)CCNS(C)(=O)=O)cc1)c1ccccc1. The fourth-order valence-corrected chi connectivity index (χ4v) is 4.66. The molecule has 0 unspecified atom stereocenters. The first-order chi connectivity index (χ1) is 18.1. The molecule has 0 saturated heterocycles. The number of rotatable bonds is 10. The molecule has 0 saturated carbocycles. The zero-order chi connectivity index (χ0) is 27.3. The highest BCUT2D eigenvalue weighted by Gasteiger charge is 2.29. The average molecular weight is 535 g/mol. The summed E-state index contributed by atoms with van der Waals surface area (Å²) in [7, 11) is 0.0343. The quantitative estimate of drug-likeness (QED) is 0.270. The summed E-state index contributed by atoms with van der Waals surface area (Å²) < 4.78 is 29.8. The van der Waals surface area contributed by atoms with Crippen LogP contribution in [0.5, 0.6) is 0 Å². The largest absolute Gasteiger partial charge is 0.465 e. The summed E-state index contributed by atoms with van der Waals surface area (Å²) in [6.45, 7) is 1.56. The monoisotopic (exact) mass is 534 g/mol. The van der Waals surface area contributed by atoms with Gasteiger partial charge in [0.2, 0.25) is 10.0 Å². The molecule has 1 amide bonds. The Labute approximate surface area is 222 Å². The molecule has 0 atom stereocenters. The van der Waals surface area contributed by atoms with Gasteiger partial charge in [-0.3, -0.25) is 4.79 Å². The van der Waals surface area contributed by atoms with Crippen molar-refractivity contribution in [1.82, 2.24) is 9.62 Å². The van der Waals surface area contributed by atoms with E-state index in [1.807, 2.05) is 66.5 Å². The predicted octanol–water partition coefficient (Wildman–Crippen LogP) is 3.39. The van der Waals surface area contributed by atoms with Crippen LogP contribution in [0.15, 0.2) is 72.8 Å². The van der Waals surface area contributed by atoms with Crippen LogP contribution in [-0.4, -0.2) is 58.7 Å². The highest BCUT2D eigenvalue weighted by Crippen LogP contribution is 2.38. The molecule has 0 aromatic heterocycles. The molecule has 1 aliphatic heterocycles. The van der Waals surface area contributed by atoms with E-state index in [9.17, 15) is 18.0 Å². The summed E-state index contributed by atoms with van der Waals surface area (Å²) in [6.07, 6.45) is 1.14. The van der Waals surface area contributed by atoms with Crippen molar-refractivity contribution in [3.63, 3.8) is 0 Å². The summed E-state index contributed by atoms with van der Waals surface area (Å²) in [5.41, 5.74) is 5.41. The number of esters is 1. The average Bonchev–Trinajstić information content (AvgIpc) is 3.22. The van der Waals surface area contributed by atoms with Crippen molar-refractivity contribution >= 4 is 44.5 Å². The number of methoxy groups -OCH3 is 1. The number of carbonyl (C=O) groups is 2. The fraction of sp³-hybridized carbons (Fsp3) is 0.214. The summed E-state index contributed by atoms with van der Waals surface area (Å²) in [6, 6.07) is 22.4. The van der Waals surface area contributed by atoms with E-state index in [4.69, 9.17) is 4.74 Å². The Morgan fingerprint density at radius 2 is 1.71 bits per heavy atom. The zero-order valence-electron chi connectivity index (χ0n) is 21.4. The molecule has 1 heterocycles. The lowest BCUT2D eigenvalue weighted by Gasteiger charge is -2.18. The van der Waals surface area contributed by atoms with Gasteiger partial charge in [0.05, 0.1) is 35.9 Å². The van der Waals surface area contributed by atoms with Crippen LogP contribution in [0.25, 0.3) is 11.3 Å². The van der Waals surface area contributed by atoms with Gasteiger partial charge in [-0.15, -0.1) is 0 Å². The minimum atomic E-state index is -3.21. The van der Waals surface area contributed by atoms with Crippen LogP contribution >= 0.6 is 0 Å². The molecule has 0 fully saturated rings. The lowest BCUT2D eigenvalue weighted by Crippen LogP contribution is -2.32. The van der Waals surface area contributed by atoms with E-state index in [1.54, 1.807) is 18.2 Å². The number of amides is 1. The Hall–Kier alpha value is -3.99. The van der Waals surface area contributed by atoms with Gasteiger partial charge >= 0.3 is 5.97 Å². The second-order valence-electron chi connectivity index (χ2n) is 9.05. The molecule has 0 aliphatic carbocycles. The molecule has 4 rings (SSSR count). The third kappa shape index (κ3) is 6.65. The van der Waals surface area contributed by atoms with E-state index in [2.05, 4.69) is 15.4 Å². The first kappa shape index (κ1) is 27.1. The van der Waals surface area contributed by atoms with Gasteiger partial charge in [0.15, 0.2) is 0 Å². The number of carbonyl (C=O) groups excluding carboxylic acids is 2. The van der Waals surface area contributed by atoms with E-state index in [-0.39, 0.29) is 5.91 Å². The van der Waals surface area contributed by atoms with Crippen LogP contribution in [0, 0.1) is 0 Å². The first-order valence-corrected chi connectivity index (χ1v) is 13.9. The number of nitrogens with one attached hydrogen (secondary N) is 3. The van der Waals surface area contributed by atoms with Crippen LogP contribution in [0.1, 0.15) is 27.0 Å². The van der Waals surface area contributed by atoms with Crippen LogP contribution in [0.3, 0.4) is 0 Å². The maximum absolute atomic E-state index is 13.1. The number of nitrogens with zero attached hydrogens (tertiary/aromatic N) is 1. The maximum Gasteiger partial charge on any atom is 0.337 e. The van der Waals surface area contributed by atoms with Crippen LogP contribution in [0.4, 0.5) is 11.4 Å². The molecular weight excluding hydrogens is 504 g/mol. The summed E-state index contributed by atoms with van der Waals surface area (Å²) in [4.78, 5) is 27.1. The number of fused-ring (bicyclic) bond motifs is 1. The topological polar surface area (TPSA) is 117 Å². The minimum Gasteiger partial charge on any atom is -0.465 e. The van der Waals surface area contributed by atoms with Crippen molar-refractivity contribution in [3.05, 3.63) is 95.1 Å². The Balaban J connectivity index is 1.59. The van der Waals surface area contributed by atoms with Gasteiger partial charge in [0.25, 0.3) is 5.91 Å². The standard InChI is InChI=1S/C28H30N4O5S/c1-32(16-15-29-38(3,35)36)18-19-9-12-22(13-10-19)30-26(20-7-5-4-6-8-20)25-23-14-11-21(28(34)37-2)17-24(23)31-27(25)33/h4-14,17,29-30H,15-16,18H2,1-3H3,(H,31,33). The number of hydrogen-bond donors (Lipinski definition) is 3. The highest BCUT2D eigenvalue weighted by molar-refractivity contribution is 7.88. The second-order valence-corrected chi connectivity index (χ2v) is 10.9. The van der Waals surface area contributed by atoms with E-state index < -0.39 is 16.0 Å². The van der Waals surface area contributed by atoms with Crippen LogP contribution in [-0.2, 0) is 26.1 Å². The second kappa shape index (κ2) is 11.6. The molecule has 38 heavy (non-hydrogen) atoms. The molecule has 0 bridgehead atoms. The Bertz CT molecular complexity index is 1470. The van der Waals surface area contributed by atoms with Gasteiger partial charge in [-0.2, -0.15) is 0 Å². The van der Waals surface area contributed by atoms with Crippen molar-refractivity contribution in [2.24, 2.45) is 0 Å². The third-order valence-electron chi connectivity index (χ3n) is 6.03. The molecule has 3 aromatic rings. The molecule has 0 spiro atoms. The van der Waals surface area contributed by atoms with Crippen molar-refractivity contribution in [1.29, 1.82) is 0 Å². The third-order valence-corrected chi connectivity index (χ3v) is 6.76. The van der Waals surface area contributed by atoms with Crippen molar-refractivity contribution < 1.29 is 22.7 Å². The lowest BCUT2D eigenvalue weighted by atomic mass is 9.99. The molecule has 3 aromatic carbocycles. The summed E-state index contributed by atoms with van der Waals surface area (Å²) in [5, 5.41) is 6.29. The molecular formula is C28H30N4O5S. The molecule has 1 aliphatic rings. The maximum atomic E-state index is 13.1. The van der Waals surface area contributed by atoms with Gasteiger partial charge < -0.3 is 20.3 Å². The molecule has 0 radical (unpaired) electrons. The smallest absolute Gasteiger partial charge is 0.337 e. The Morgan fingerprint density at radius 3 is 2.37 bits per heavy atom. The fourth-order valence-electron chi connectivity index (χ4n) is 4.20. The number of hydrogen-bond acceptors (Lipinski definition) is 7. The van der Waals surface area contributed by atoms with E-state index in [0.29, 0.717) is 47.7 Å². The molecule has 198 valence electrons. The van der Waals surface area contributed by atoms with Gasteiger partial charge in [0.1, 0.15) is 0 Å². The van der Waals surface area contributed by atoms with Gasteiger partial charge in [0, 0.05) is 30.9 Å². The van der Waals surface area contributed by atoms with Crippen molar-refractivity contribution in [2.45, 2.75) is 6.54 Å². The summed E-state index contributed by atoms with van der Waals surface area (Å²) >= 11 is 0. The van der Waals surface area contributed by atoms with Crippen LogP contribution in [0.2, 0.25) is 0 Å². The number of benzene rings is 3. The predicted molar refractivity (Wildman–Crippen MR) is 149 cm³/mol. The van der Waals surface area contributed by atoms with Gasteiger partial charge in [-0.25, -0.2) is 17.9 Å². The highest BCUT2D eigenvalue weighted by atomic mass is 32.2. The van der Waals surface area contributed by atoms with Crippen molar-refractivity contribution in [2.75, 3.05) is 44.1 Å². The molecule has 9 nitrogen and oxygen atoms in total. The van der Waals surface area contributed by atoms with E-state index in [0.717, 1.165) is 23.1 Å². The van der Waals surface area contributed by atoms with E-state index in [1.165, 1.54) is 7.11 Å². The Morgan fingerprint density at radius 1 is 1.00 bits per heavy atom. The number of likely N-dealkylation sites (N-methyl/N-ethyl adjacent to an activating group) is 1. The normalized spacial score (nSPS) is 14.2. The van der Waals surface area contributed by atoms with Gasteiger partial charge in [-0.1, -0.05) is 48.5 Å². The Kier molecular flexibility index (Phi) is 8.26. The lowest BCUT2D eigenvalue weighted by molar-refractivity contribution is -0.110. The van der Waals surface area contributed by atoms with Crippen molar-refractivity contribution in [3.8, 4) is 0 Å². The van der Waals surface area contributed by atoms with Crippen LogP contribution < -0.4 is 15.4 Å². The number of anilines is 2. The minimum absolute atomic E-state index is 0.269. The van der Waals surface area contributed by atoms with Gasteiger partial charge in [-0.05, 0) is 42.4 Å². The number of sulfonamides is 1. The molecule has 3 N–H and O–H groups in total. The first-order valence-electron chi connectivity index (χ1n) is 12.0. The molecule has 10 heteroatoms. The van der Waals surface area contributed by atoms with E-state index >= 15 is 0 Å². The summed E-state index contributed by atoms with van der Waals surface area (Å²) in [5.74, 6) is -0.743.